The Kier molecular flexibility index (Phi) is 5.91. The summed E-state index contributed by atoms with van der Waals surface area (Å²) >= 11 is 11.9. The lowest BCUT2D eigenvalue weighted by Crippen LogP contribution is -2.41. The SMILES string of the molecule is CCOC(=O)N1CCC(C(=O)Nc2cc(Cl)ccc2Cl)CC1. The zero-order chi connectivity index (χ0) is 16.1. The van der Waals surface area contributed by atoms with Gasteiger partial charge in [0, 0.05) is 24.0 Å². The highest BCUT2D eigenvalue weighted by Gasteiger charge is 2.28. The molecular weight excluding hydrogens is 327 g/mol. The van der Waals surface area contributed by atoms with Crippen LogP contribution in [0.3, 0.4) is 0 Å². The summed E-state index contributed by atoms with van der Waals surface area (Å²) in [6, 6.07) is 4.93. The Hall–Kier alpha value is -1.46. The van der Waals surface area contributed by atoms with Crippen molar-refractivity contribution in [3.05, 3.63) is 28.2 Å². The Bertz CT molecular complexity index is 558. The second-order valence-corrected chi connectivity index (χ2v) is 5.92. The van der Waals surface area contributed by atoms with Gasteiger partial charge in [-0.15, -0.1) is 0 Å². The molecule has 2 rings (SSSR count). The lowest BCUT2D eigenvalue weighted by Gasteiger charge is -2.30. The average molecular weight is 345 g/mol. The van der Waals surface area contributed by atoms with Gasteiger partial charge in [0.2, 0.25) is 5.91 Å². The number of carbonyl (C=O) groups is 2. The first-order valence-electron chi connectivity index (χ1n) is 7.19. The number of anilines is 1. The van der Waals surface area contributed by atoms with E-state index in [1.165, 1.54) is 0 Å². The zero-order valence-electron chi connectivity index (χ0n) is 12.3. The van der Waals surface area contributed by atoms with Crippen LogP contribution >= 0.6 is 23.2 Å². The molecule has 1 saturated heterocycles. The van der Waals surface area contributed by atoms with Gasteiger partial charge < -0.3 is 15.0 Å². The summed E-state index contributed by atoms with van der Waals surface area (Å²) in [5.74, 6) is -0.256. The van der Waals surface area contributed by atoms with E-state index in [0.717, 1.165) is 0 Å². The maximum absolute atomic E-state index is 12.3. The fourth-order valence-corrected chi connectivity index (χ4v) is 2.70. The first kappa shape index (κ1) is 16.9. The molecule has 0 saturated carbocycles. The van der Waals surface area contributed by atoms with Gasteiger partial charge in [0.15, 0.2) is 0 Å². The molecule has 1 fully saturated rings. The molecule has 1 aromatic rings. The number of carbonyl (C=O) groups excluding carboxylic acids is 2. The molecule has 1 aliphatic heterocycles. The summed E-state index contributed by atoms with van der Waals surface area (Å²) < 4.78 is 4.96. The van der Waals surface area contributed by atoms with E-state index >= 15 is 0 Å². The maximum Gasteiger partial charge on any atom is 0.409 e. The van der Waals surface area contributed by atoms with Gasteiger partial charge in [0.25, 0.3) is 0 Å². The van der Waals surface area contributed by atoms with E-state index in [-0.39, 0.29) is 17.9 Å². The molecular formula is C15H18Cl2N2O3. The molecule has 1 aromatic carbocycles. The number of nitrogens with one attached hydrogen (secondary N) is 1. The molecule has 0 unspecified atom stereocenters. The van der Waals surface area contributed by atoms with Crippen LogP contribution in [0.1, 0.15) is 19.8 Å². The predicted octanol–water partition coefficient (Wildman–Crippen LogP) is 3.80. The number of amides is 2. The summed E-state index contributed by atoms with van der Waals surface area (Å²) in [5, 5.41) is 3.76. The fourth-order valence-electron chi connectivity index (χ4n) is 2.37. The molecule has 7 heteroatoms. The molecule has 1 heterocycles. The number of piperidine rings is 1. The number of hydrogen-bond acceptors (Lipinski definition) is 3. The van der Waals surface area contributed by atoms with Crippen LogP contribution < -0.4 is 5.32 Å². The zero-order valence-corrected chi connectivity index (χ0v) is 13.8. The van der Waals surface area contributed by atoms with E-state index in [2.05, 4.69) is 5.32 Å². The van der Waals surface area contributed by atoms with Crippen LogP contribution in [0.15, 0.2) is 18.2 Å². The normalized spacial score (nSPS) is 15.5. The number of benzene rings is 1. The van der Waals surface area contributed by atoms with Crippen LogP contribution in [0.5, 0.6) is 0 Å². The molecule has 120 valence electrons. The van der Waals surface area contributed by atoms with Gasteiger partial charge in [-0.25, -0.2) is 4.79 Å². The van der Waals surface area contributed by atoms with Gasteiger partial charge in [-0.2, -0.15) is 0 Å². The third kappa shape index (κ3) is 4.27. The Morgan fingerprint density at radius 2 is 2.00 bits per heavy atom. The first-order valence-corrected chi connectivity index (χ1v) is 7.94. The molecule has 1 N–H and O–H groups in total. The smallest absolute Gasteiger partial charge is 0.409 e. The predicted molar refractivity (Wildman–Crippen MR) is 86.4 cm³/mol. The minimum atomic E-state index is -0.320. The first-order chi connectivity index (χ1) is 10.5. The largest absolute Gasteiger partial charge is 0.450 e. The highest BCUT2D eigenvalue weighted by molar-refractivity contribution is 6.35. The monoisotopic (exact) mass is 344 g/mol. The molecule has 0 bridgehead atoms. The van der Waals surface area contributed by atoms with Gasteiger partial charge in [0.1, 0.15) is 0 Å². The molecule has 1 aliphatic rings. The minimum Gasteiger partial charge on any atom is -0.450 e. The van der Waals surface area contributed by atoms with E-state index in [1.807, 2.05) is 0 Å². The second kappa shape index (κ2) is 7.70. The van der Waals surface area contributed by atoms with Crippen molar-refractivity contribution >= 4 is 40.9 Å². The number of hydrogen-bond donors (Lipinski definition) is 1. The standard InChI is InChI=1S/C15H18Cl2N2O3/c1-2-22-15(21)19-7-5-10(6-8-19)14(20)18-13-9-11(16)3-4-12(13)17/h3-4,9-10H,2,5-8H2,1H3,(H,18,20). The van der Waals surface area contributed by atoms with Gasteiger partial charge >= 0.3 is 6.09 Å². The molecule has 0 spiro atoms. The minimum absolute atomic E-state index is 0.104. The highest BCUT2D eigenvalue weighted by Crippen LogP contribution is 2.27. The highest BCUT2D eigenvalue weighted by atomic mass is 35.5. The number of nitrogens with zero attached hydrogens (tertiary/aromatic N) is 1. The summed E-state index contributed by atoms with van der Waals surface area (Å²) in [6.07, 6.45) is 0.880. The van der Waals surface area contributed by atoms with Crippen molar-refractivity contribution in [1.29, 1.82) is 0 Å². The van der Waals surface area contributed by atoms with E-state index in [9.17, 15) is 9.59 Å². The Balaban J connectivity index is 1.90. The van der Waals surface area contributed by atoms with Crippen LogP contribution in [-0.2, 0) is 9.53 Å². The van der Waals surface area contributed by atoms with E-state index in [4.69, 9.17) is 27.9 Å². The third-order valence-corrected chi connectivity index (χ3v) is 4.14. The molecule has 2 amide bonds. The Morgan fingerprint density at radius 3 is 2.64 bits per heavy atom. The average Bonchev–Trinajstić information content (AvgIpc) is 2.51. The molecule has 22 heavy (non-hydrogen) atoms. The van der Waals surface area contributed by atoms with Gasteiger partial charge in [-0.3, -0.25) is 4.79 Å². The number of rotatable bonds is 3. The van der Waals surface area contributed by atoms with Crippen LogP contribution in [0, 0.1) is 5.92 Å². The van der Waals surface area contributed by atoms with Crippen molar-refractivity contribution < 1.29 is 14.3 Å². The van der Waals surface area contributed by atoms with E-state index in [0.29, 0.717) is 48.3 Å². The van der Waals surface area contributed by atoms with Crippen molar-refractivity contribution in [2.75, 3.05) is 25.0 Å². The Labute approximate surface area is 139 Å². The topological polar surface area (TPSA) is 58.6 Å². The van der Waals surface area contributed by atoms with Crippen molar-refractivity contribution in [3.8, 4) is 0 Å². The third-order valence-electron chi connectivity index (χ3n) is 3.58. The lowest BCUT2D eigenvalue weighted by atomic mass is 9.96. The Morgan fingerprint density at radius 1 is 1.32 bits per heavy atom. The van der Waals surface area contributed by atoms with Crippen LogP contribution in [0.4, 0.5) is 10.5 Å². The molecule has 0 aliphatic carbocycles. The van der Waals surface area contributed by atoms with Crippen LogP contribution in [0.2, 0.25) is 10.0 Å². The van der Waals surface area contributed by atoms with Gasteiger partial charge in [-0.1, -0.05) is 23.2 Å². The maximum atomic E-state index is 12.3. The van der Waals surface area contributed by atoms with Gasteiger partial charge in [-0.05, 0) is 38.0 Å². The molecule has 0 atom stereocenters. The second-order valence-electron chi connectivity index (χ2n) is 5.07. The summed E-state index contributed by atoms with van der Waals surface area (Å²) in [6.45, 7) is 3.15. The fraction of sp³-hybridized carbons (Fsp3) is 0.467. The van der Waals surface area contributed by atoms with Gasteiger partial charge in [0.05, 0.1) is 17.3 Å². The van der Waals surface area contributed by atoms with E-state index < -0.39 is 0 Å². The number of likely N-dealkylation sites (tertiary alicyclic amines) is 1. The van der Waals surface area contributed by atoms with Crippen molar-refractivity contribution in [3.63, 3.8) is 0 Å². The summed E-state index contributed by atoms with van der Waals surface area (Å²) in [5.41, 5.74) is 0.506. The quantitative estimate of drug-likeness (QED) is 0.907. The molecule has 0 radical (unpaired) electrons. The van der Waals surface area contributed by atoms with Crippen molar-refractivity contribution in [1.82, 2.24) is 4.90 Å². The number of ether oxygens (including phenoxy) is 1. The number of halogens is 2. The molecule has 5 nitrogen and oxygen atoms in total. The van der Waals surface area contributed by atoms with E-state index in [1.54, 1.807) is 30.0 Å². The summed E-state index contributed by atoms with van der Waals surface area (Å²) in [4.78, 5) is 25.5. The molecule has 0 aromatic heterocycles. The van der Waals surface area contributed by atoms with Crippen molar-refractivity contribution in [2.24, 2.45) is 5.92 Å². The van der Waals surface area contributed by atoms with Crippen LogP contribution in [0.25, 0.3) is 0 Å². The summed E-state index contributed by atoms with van der Waals surface area (Å²) in [7, 11) is 0. The van der Waals surface area contributed by atoms with Crippen molar-refractivity contribution in [2.45, 2.75) is 19.8 Å². The lowest BCUT2D eigenvalue weighted by molar-refractivity contribution is -0.121. The van der Waals surface area contributed by atoms with Crippen LogP contribution in [-0.4, -0.2) is 36.6 Å².